The predicted octanol–water partition coefficient (Wildman–Crippen LogP) is 3.40. The molecule has 7 heteroatoms. The summed E-state index contributed by atoms with van der Waals surface area (Å²) in [6, 6.07) is 14.9. The molecule has 0 fully saturated rings. The molecule has 1 atom stereocenters. The zero-order chi connectivity index (χ0) is 21.8. The standard InChI is InChI=1S/C24H24FN3O3/c1-31-23(29)21-20(26-24(30)27-22(21)18-8-5-9-19(25)14-18)15-28-12-10-17(11-13-28)16-6-3-2-4-7-16/h2-10,14,22H,11-13,15H2,1H3,(H2,26,27,30)/t22-/m0/s1. The molecule has 2 heterocycles. The fraction of sp³-hybridized carbons (Fsp3) is 0.250. The van der Waals surface area contributed by atoms with Gasteiger partial charge in [-0.3, -0.25) is 4.90 Å². The van der Waals surface area contributed by atoms with Gasteiger partial charge in [0.1, 0.15) is 5.82 Å². The molecule has 0 aliphatic carbocycles. The average Bonchev–Trinajstić information content (AvgIpc) is 2.79. The maximum atomic E-state index is 13.8. The van der Waals surface area contributed by atoms with Crippen LogP contribution in [-0.2, 0) is 9.53 Å². The molecule has 0 unspecified atom stereocenters. The number of rotatable bonds is 5. The minimum Gasteiger partial charge on any atom is -0.466 e. The number of ether oxygens (including phenoxy) is 1. The van der Waals surface area contributed by atoms with Gasteiger partial charge in [0.2, 0.25) is 0 Å². The van der Waals surface area contributed by atoms with E-state index >= 15 is 0 Å². The van der Waals surface area contributed by atoms with Gasteiger partial charge >= 0.3 is 12.0 Å². The normalized spacial score (nSPS) is 19.4. The van der Waals surface area contributed by atoms with Crippen LogP contribution in [0.5, 0.6) is 0 Å². The summed E-state index contributed by atoms with van der Waals surface area (Å²) in [6.45, 7) is 1.85. The minimum atomic E-state index is -0.785. The first kappa shape index (κ1) is 20.8. The number of carbonyl (C=O) groups is 2. The Morgan fingerprint density at radius 1 is 1.19 bits per heavy atom. The SMILES string of the molecule is COC(=O)C1=C(CN2CC=C(c3ccccc3)CC2)NC(=O)N[C@H]1c1cccc(F)c1. The van der Waals surface area contributed by atoms with Crippen molar-refractivity contribution in [1.82, 2.24) is 15.5 Å². The van der Waals surface area contributed by atoms with Crippen LogP contribution in [0.4, 0.5) is 9.18 Å². The number of esters is 1. The highest BCUT2D eigenvalue weighted by Gasteiger charge is 2.34. The maximum Gasteiger partial charge on any atom is 0.338 e. The molecule has 0 spiro atoms. The van der Waals surface area contributed by atoms with Crippen LogP contribution in [0.25, 0.3) is 5.57 Å². The van der Waals surface area contributed by atoms with E-state index in [9.17, 15) is 14.0 Å². The van der Waals surface area contributed by atoms with Gasteiger partial charge < -0.3 is 15.4 Å². The van der Waals surface area contributed by atoms with Gasteiger partial charge in [-0.25, -0.2) is 14.0 Å². The monoisotopic (exact) mass is 421 g/mol. The first-order valence-corrected chi connectivity index (χ1v) is 10.2. The third-order valence-electron chi connectivity index (χ3n) is 5.56. The van der Waals surface area contributed by atoms with Crippen molar-refractivity contribution in [3.8, 4) is 0 Å². The Hall–Kier alpha value is -3.45. The van der Waals surface area contributed by atoms with E-state index in [1.807, 2.05) is 18.2 Å². The van der Waals surface area contributed by atoms with Gasteiger partial charge in [0.05, 0.1) is 18.7 Å². The van der Waals surface area contributed by atoms with E-state index in [0.29, 0.717) is 24.4 Å². The molecule has 0 saturated heterocycles. The van der Waals surface area contributed by atoms with Crippen LogP contribution in [-0.4, -0.2) is 43.6 Å². The predicted molar refractivity (Wildman–Crippen MR) is 115 cm³/mol. The fourth-order valence-electron chi connectivity index (χ4n) is 4.02. The summed E-state index contributed by atoms with van der Waals surface area (Å²) in [6.07, 6.45) is 3.04. The molecule has 160 valence electrons. The number of halogens is 1. The highest BCUT2D eigenvalue weighted by Crippen LogP contribution is 2.29. The number of amides is 2. The maximum absolute atomic E-state index is 13.8. The molecule has 2 aliphatic heterocycles. The summed E-state index contributed by atoms with van der Waals surface area (Å²) in [4.78, 5) is 27.1. The van der Waals surface area contributed by atoms with Gasteiger partial charge in [0.15, 0.2) is 0 Å². The largest absolute Gasteiger partial charge is 0.466 e. The number of urea groups is 1. The lowest BCUT2D eigenvalue weighted by molar-refractivity contribution is -0.136. The van der Waals surface area contributed by atoms with Gasteiger partial charge in [0, 0.05) is 25.3 Å². The second-order valence-corrected chi connectivity index (χ2v) is 7.55. The number of carbonyl (C=O) groups excluding carboxylic acids is 2. The van der Waals surface area contributed by atoms with Gasteiger partial charge in [0.25, 0.3) is 0 Å². The van der Waals surface area contributed by atoms with Crippen LogP contribution >= 0.6 is 0 Å². The van der Waals surface area contributed by atoms with Crippen molar-refractivity contribution in [2.24, 2.45) is 0 Å². The lowest BCUT2D eigenvalue weighted by Gasteiger charge is -2.33. The lowest BCUT2D eigenvalue weighted by Crippen LogP contribution is -2.48. The summed E-state index contributed by atoms with van der Waals surface area (Å²) in [5, 5.41) is 5.47. The quantitative estimate of drug-likeness (QED) is 0.726. The Bertz CT molecular complexity index is 1050. The first-order chi connectivity index (χ1) is 15.0. The molecule has 4 rings (SSSR count). The Morgan fingerprint density at radius 2 is 2.00 bits per heavy atom. The molecule has 2 N–H and O–H groups in total. The molecule has 0 bridgehead atoms. The number of nitrogens with one attached hydrogen (secondary N) is 2. The van der Waals surface area contributed by atoms with Crippen LogP contribution in [0.2, 0.25) is 0 Å². The summed E-state index contributed by atoms with van der Waals surface area (Å²) < 4.78 is 18.8. The Kier molecular flexibility index (Phi) is 6.13. The molecule has 0 saturated carbocycles. The van der Waals surface area contributed by atoms with Crippen molar-refractivity contribution in [2.75, 3.05) is 26.7 Å². The summed E-state index contributed by atoms with van der Waals surface area (Å²) in [7, 11) is 1.29. The minimum absolute atomic E-state index is 0.283. The lowest BCUT2D eigenvalue weighted by atomic mass is 9.94. The summed E-state index contributed by atoms with van der Waals surface area (Å²) in [5.74, 6) is -1.00. The smallest absolute Gasteiger partial charge is 0.338 e. The van der Waals surface area contributed by atoms with Crippen molar-refractivity contribution in [2.45, 2.75) is 12.5 Å². The van der Waals surface area contributed by atoms with Crippen molar-refractivity contribution in [3.05, 3.63) is 88.9 Å². The molecule has 2 amide bonds. The number of hydrogen-bond donors (Lipinski definition) is 2. The fourth-order valence-corrected chi connectivity index (χ4v) is 4.02. The highest BCUT2D eigenvalue weighted by atomic mass is 19.1. The summed E-state index contributed by atoms with van der Waals surface area (Å²) >= 11 is 0. The van der Waals surface area contributed by atoms with Gasteiger partial charge in [-0.2, -0.15) is 0 Å². The Morgan fingerprint density at radius 3 is 2.68 bits per heavy atom. The summed E-state index contributed by atoms with van der Waals surface area (Å²) in [5.41, 5.74) is 3.73. The van der Waals surface area contributed by atoms with Crippen molar-refractivity contribution < 1.29 is 18.7 Å². The van der Waals surface area contributed by atoms with Crippen LogP contribution in [0.3, 0.4) is 0 Å². The van der Waals surface area contributed by atoms with Crippen LogP contribution in [0, 0.1) is 5.82 Å². The Balaban J connectivity index is 1.60. The zero-order valence-corrected chi connectivity index (χ0v) is 17.2. The van der Waals surface area contributed by atoms with E-state index in [1.165, 1.54) is 30.4 Å². The van der Waals surface area contributed by atoms with E-state index in [-0.39, 0.29) is 5.57 Å². The number of benzene rings is 2. The van der Waals surface area contributed by atoms with Crippen molar-refractivity contribution >= 4 is 17.6 Å². The molecule has 31 heavy (non-hydrogen) atoms. The van der Waals surface area contributed by atoms with E-state index in [1.54, 1.807) is 12.1 Å². The van der Waals surface area contributed by atoms with Crippen LogP contribution in [0.1, 0.15) is 23.6 Å². The molecule has 0 radical (unpaired) electrons. The van der Waals surface area contributed by atoms with Crippen LogP contribution in [0.15, 0.2) is 71.9 Å². The second-order valence-electron chi connectivity index (χ2n) is 7.55. The average molecular weight is 421 g/mol. The van der Waals surface area contributed by atoms with Gasteiger partial charge in [-0.1, -0.05) is 48.5 Å². The van der Waals surface area contributed by atoms with E-state index in [4.69, 9.17) is 4.74 Å². The Labute approximate surface area is 180 Å². The molecule has 2 aromatic rings. The zero-order valence-electron chi connectivity index (χ0n) is 17.2. The third kappa shape index (κ3) is 4.67. The number of hydrogen-bond acceptors (Lipinski definition) is 4. The molecule has 2 aromatic carbocycles. The van der Waals surface area contributed by atoms with Gasteiger partial charge in [-0.05, 0) is 35.3 Å². The van der Waals surface area contributed by atoms with E-state index < -0.39 is 23.9 Å². The molecule has 0 aromatic heterocycles. The highest BCUT2D eigenvalue weighted by molar-refractivity contribution is 5.95. The second kappa shape index (κ2) is 9.14. The van der Waals surface area contributed by atoms with Crippen molar-refractivity contribution in [1.29, 1.82) is 0 Å². The van der Waals surface area contributed by atoms with Crippen LogP contribution < -0.4 is 10.6 Å². The first-order valence-electron chi connectivity index (χ1n) is 10.2. The van der Waals surface area contributed by atoms with E-state index in [0.717, 1.165) is 13.0 Å². The number of methoxy groups -OCH3 is 1. The van der Waals surface area contributed by atoms with E-state index in [2.05, 4.69) is 33.7 Å². The molecular formula is C24H24FN3O3. The third-order valence-corrected chi connectivity index (χ3v) is 5.56. The molecule has 6 nitrogen and oxygen atoms in total. The number of nitrogens with zero attached hydrogens (tertiary/aromatic N) is 1. The van der Waals surface area contributed by atoms with Gasteiger partial charge in [-0.15, -0.1) is 0 Å². The van der Waals surface area contributed by atoms with Crippen molar-refractivity contribution in [3.63, 3.8) is 0 Å². The molecule has 2 aliphatic rings. The molecular weight excluding hydrogens is 397 g/mol. The topological polar surface area (TPSA) is 70.7 Å².